The Balaban J connectivity index is 1.58. The van der Waals surface area contributed by atoms with Crippen molar-refractivity contribution in [2.75, 3.05) is 0 Å². The molecule has 3 rings (SSSR count). The molecule has 4 heteroatoms. The van der Waals surface area contributed by atoms with Crippen LogP contribution in [0.1, 0.15) is 24.0 Å². The highest BCUT2D eigenvalue weighted by Crippen LogP contribution is 2.27. The number of halogens is 1. The number of hydrogen-bond acceptors (Lipinski definition) is 3. The van der Waals surface area contributed by atoms with E-state index in [0.29, 0.717) is 6.61 Å². The molecule has 0 aliphatic heterocycles. The Morgan fingerprint density at radius 1 is 1.25 bits per heavy atom. The minimum Gasteiger partial charge on any atom is -0.488 e. The van der Waals surface area contributed by atoms with Gasteiger partial charge in [0.05, 0.1) is 4.47 Å². The lowest BCUT2D eigenvalue weighted by Gasteiger charge is -2.10. The molecule has 0 spiro atoms. The monoisotopic (exact) mass is 332 g/mol. The van der Waals surface area contributed by atoms with E-state index in [-0.39, 0.29) is 0 Å². The van der Waals surface area contributed by atoms with Crippen molar-refractivity contribution < 1.29 is 4.74 Å². The van der Waals surface area contributed by atoms with Crippen LogP contribution in [0.15, 0.2) is 47.2 Å². The Morgan fingerprint density at radius 3 is 2.85 bits per heavy atom. The van der Waals surface area contributed by atoms with Gasteiger partial charge in [0.2, 0.25) is 0 Å². The number of hydrogen-bond donors (Lipinski definition) is 1. The second kappa shape index (κ2) is 6.37. The summed E-state index contributed by atoms with van der Waals surface area (Å²) in [6.07, 6.45) is 6.21. The molecule has 3 nitrogen and oxygen atoms in total. The average molecular weight is 333 g/mol. The topological polar surface area (TPSA) is 34.1 Å². The first-order chi connectivity index (χ1) is 9.81. The van der Waals surface area contributed by atoms with Crippen LogP contribution in [0.5, 0.6) is 5.75 Å². The van der Waals surface area contributed by atoms with Gasteiger partial charge in [-0.1, -0.05) is 12.1 Å². The third-order valence-electron chi connectivity index (χ3n) is 3.29. The molecule has 1 saturated carbocycles. The summed E-state index contributed by atoms with van der Waals surface area (Å²) in [5.41, 5.74) is 2.34. The van der Waals surface area contributed by atoms with E-state index in [1.807, 2.05) is 24.4 Å². The van der Waals surface area contributed by atoms with E-state index in [1.165, 1.54) is 18.4 Å². The predicted octanol–water partition coefficient (Wildman–Crippen LogP) is 3.68. The molecular formula is C16H17BrN2O. The smallest absolute Gasteiger partial charge is 0.134 e. The van der Waals surface area contributed by atoms with E-state index >= 15 is 0 Å². The fourth-order valence-corrected chi connectivity index (χ4v) is 2.51. The Hall–Kier alpha value is -1.39. The van der Waals surface area contributed by atoms with Gasteiger partial charge in [0.15, 0.2) is 0 Å². The highest BCUT2D eigenvalue weighted by Gasteiger charge is 2.19. The first-order valence-electron chi connectivity index (χ1n) is 6.85. The largest absolute Gasteiger partial charge is 0.488 e. The minimum atomic E-state index is 0.534. The average Bonchev–Trinajstić information content (AvgIpc) is 3.29. The third kappa shape index (κ3) is 3.81. The molecular weight excluding hydrogens is 316 g/mol. The highest BCUT2D eigenvalue weighted by molar-refractivity contribution is 9.10. The van der Waals surface area contributed by atoms with Crippen molar-refractivity contribution in [1.29, 1.82) is 0 Å². The molecule has 1 aliphatic rings. The summed E-state index contributed by atoms with van der Waals surface area (Å²) in [6.45, 7) is 1.46. The Kier molecular flexibility index (Phi) is 4.33. The molecule has 1 heterocycles. The van der Waals surface area contributed by atoms with E-state index in [2.05, 4.69) is 38.4 Å². The van der Waals surface area contributed by atoms with Gasteiger partial charge in [-0.25, -0.2) is 0 Å². The molecule has 0 saturated heterocycles. The van der Waals surface area contributed by atoms with Crippen LogP contribution in [0, 0.1) is 0 Å². The Morgan fingerprint density at radius 2 is 2.15 bits per heavy atom. The molecule has 20 heavy (non-hydrogen) atoms. The molecule has 1 aromatic carbocycles. The van der Waals surface area contributed by atoms with Crippen LogP contribution in [0.4, 0.5) is 0 Å². The lowest BCUT2D eigenvalue weighted by molar-refractivity contribution is 0.303. The number of aromatic nitrogens is 1. The molecule has 2 aromatic rings. The number of benzene rings is 1. The van der Waals surface area contributed by atoms with Crippen molar-refractivity contribution in [3.8, 4) is 5.75 Å². The second-order valence-electron chi connectivity index (χ2n) is 5.07. The Bertz CT molecular complexity index is 570. The van der Waals surface area contributed by atoms with Crippen molar-refractivity contribution in [2.45, 2.75) is 32.0 Å². The van der Waals surface area contributed by atoms with Crippen LogP contribution < -0.4 is 10.1 Å². The van der Waals surface area contributed by atoms with Gasteiger partial charge in [-0.3, -0.25) is 4.98 Å². The highest BCUT2D eigenvalue weighted by atomic mass is 79.9. The fourth-order valence-electron chi connectivity index (χ4n) is 1.97. The molecule has 1 fully saturated rings. The van der Waals surface area contributed by atoms with Gasteiger partial charge < -0.3 is 10.1 Å². The van der Waals surface area contributed by atoms with E-state index < -0.39 is 0 Å². The molecule has 1 aromatic heterocycles. The summed E-state index contributed by atoms with van der Waals surface area (Å²) in [4.78, 5) is 4.08. The van der Waals surface area contributed by atoms with Crippen LogP contribution >= 0.6 is 15.9 Å². The van der Waals surface area contributed by atoms with Gasteiger partial charge in [0.1, 0.15) is 12.4 Å². The second-order valence-corrected chi connectivity index (χ2v) is 5.92. The molecule has 104 valence electrons. The number of pyridine rings is 1. The van der Waals surface area contributed by atoms with Crippen LogP contribution in [-0.4, -0.2) is 11.0 Å². The van der Waals surface area contributed by atoms with Crippen molar-refractivity contribution in [1.82, 2.24) is 10.3 Å². The molecule has 0 atom stereocenters. The zero-order chi connectivity index (χ0) is 13.8. The zero-order valence-electron chi connectivity index (χ0n) is 11.2. The SMILES string of the molecule is Brc1cc(CNC2CC2)ccc1OCc1cccnc1. The Labute approximate surface area is 127 Å². The van der Waals surface area contributed by atoms with Crippen LogP contribution in [-0.2, 0) is 13.2 Å². The quantitative estimate of drug-likeness (QED) is 0.876. The number of nitrogens with zero attached hydrogens (tertiary/aromatic N) is 1. The third-order valence-corrected chi connectivity index (χ3v) is 3.91. The maximum absolute atomic E-state index is 5.81. The number of rotatable bonds is 6. The standard InChI is InChI=1S/C16H17BrN2O/c17-15-8-12(10-19-14-4-5-14)3-6-16(15)20-11-13-2-1-7-18-9-13/h1-3,6-9,14,19H,4-5,10-11H2. The molecule has 1 N–H and O–H groups in total. The first kappa shape index (κ1) is 13.6. The van der Waals surface area contributed by atoms with Gasteiger partial charge in [-0.05, 0) is 52.5 Å². The van der Waals surface area contributed by atoms with Crippen molar-refractivity contribution in [2.24, 2.45) is 0 Å². The van der Waals surface area contributed by atoms with E-state index in [0.717, 1.165) is 28.4 Å². The lowest BCUT2D eigenvalue weighted by atomic mass is 10.2. The molecule has 0 amide bonds. The van der Waals surface area contributed by atoms with Gasteiger partial charge in [-0.15, -0.1) is 0 Å². The summed E-state index contributed by atoms with van der Waals surface area (Å²) in [6, 6.07) is 10.9. The molecule has 0 unspecified atom stereocenters. The molecule has 0 bridgehead atoms. The maximum Gasteiger partial charge on any atom is 0.134 e. The van der Waals surface area contributed by atoms with Gasteiger partial charge in [0.25, 0.3) is 0 Å². The van der Waals surface area contributed by atoms with Crippen LogP contribution in [0.2, 0.25) is 0 Å². The lowest BCUT2D eigenvalue weighted by Crippen LogP contribution is -2.15. The number of nitrogens with one attached hydrogen (secondary N) is 1. The van der Waals surface area contributed by atoms with Crippen molar-refractivity contribution in [3.05, 3.63) is 58.3 Å². The van der Waals surface area contributed by atoms with E-state index in [1.54, 1.807) is 6.20 Å². The predicted molar refractivity (Wildman–Crippen MR) is 82.6 cm³/mol. The zero-order valence-corrected chi connectivity index (χ0v) is 12.8. The summed E-state index contributed by atoms with van der Waals surface area (Å²) >= 11 is 3.57. The maximum atomic E-state index is 5.81. The first-order valence-corrected chi connectivity index (χ1v) is 7.64. The summed E-state index contributed by atoms with van der Waals surface area (Å²) in [5.74, 6) is 0.865. The molecule has 0 radical (unpaired) electrons. The van der Waals surface area contributed by atoms with Crippen molar-refractivity contribution in [3.63, 3.8) is 0 Å². The van der Waals surface area contributed by atoms with E-state index in [9.17, 15) is 0 Å². The summed E-state index contributed by atoms with van der Waals surface area (Å²) in [5, 5.41) is 3.51. The number of ether oxygens (including phenoxy) is 1. The van der Waals surface area contributed by atoms with Gasteiger partial charge in [0, 0.05) is 30.5 Å². The van der Waals surface area contributed by atoms with E-state index in [4.69, 9.17) is 4.74 Å². The summed E-state index contributed by atoms with van der Waals surface area (Å²) < 4.78 is 6.81. The fraction of sp³-hybridized carbons (Fsp3) is 0.312. The minimum absolute atomic E-state index is 0.534. The van der Waals surface area contributed by atoms with Gasteiger partial charge >= 0.3 is 0 Å². The summed E-state index contributed by atoms with van der Waals surface area (Å²) in [7, 11) is 0. The van der Waals surface area contributed by atoms with Gasteiger partial charge in [-0.2, -0.15) is 0 Å². The normalized spacial score (nSPS) is 14.2. The molecule has 1 aliphatic carbocycles. The van der Waals surface area contributed by atoms with Crippen LogP contribution in [0.25, 0.3) is 0 Å². The van der Waals surface area contributed by atoms with Crippen molar-refractivity contribution >= 4 is 15.9 Å². The van der Waals surface area contributed by atoms with Crippen LogP contribution in [0.3, 0.4) is 0 Å².